The van der Waals surface area contributed by atoms with Crippen molar-refractivity contribution in [1.82, 2.24) is 0 Å². The SMILES string of the molecule is C=C(Cl)C(C)(C)[SiH3]. The van der Waals surface area contributed by atoms with Crippen LogP contribution in [-0.2, 0) is 0 Å². The maximum Gasteiger partial charge on any atom is 0.0166 e. The Labute approximate surface area is 53.0 Å². The lowest BCUT2D eigenvalue weighted by molar-refractivity contribution is 0.846. The molecule has 0 spiro atoms. The van der Waals surface area contributed by atoms with Gasteiger partial charge in [-0.25, -0.2) is 0 Å². The van der Waals surface area contributed by atoms with Crippen molar-refractivity contribution in [3.8, 4) is 0 Å². The van der Waals surface area contributed by atoms with Crippen molar-refractivity contribution in [2.45, 2.75) is 18.9 Å². The van der Waals surface area contributed by atoms with Crippen LogP contribution in [0.3, 0.4) is 0 Å². The Balaban J connectivity index is 3.79. The first-order chi connectivity index (χ1) is 2.94. The lowest BCUT2D eigenvalue weighted by Gasteiger charge is -2.14. The van der Waals surface area contributed by atoms with Crippen molar-refractivity contribution in [3.05, 3.63) is 11.6 Å². The van der Waals surface area contributed by atoms with E-state index in [2.05, 4.69) is 20.4 Å². The van der Waals surface area contributed by atoms with Crippen molar-refractivity contribution in [3.63, 3.8) is 0 Å². The summed E-state index contributed by atoms with van der Waals surface area (Å²) in [6.45, 7) is 7.81. The Hall–Kier alpha value is 0.247. The molecule has 0 bridgehead atoms. The minimum atomic E-state index is 0.210. The van der Waals surface area contributed by atoms with E-state index in [0.717, 1.165) is 15.3 Å². The van der Waals surface area contributed by atoms with Crippen LogP contribution in [0.25, 0.3) is 0 Å². The third-order valence-electron chi connectivity index (χ3n) is 0.814. The van der Waals surface area contributed by atoms with Crippen LogP contribution < -0.4 is 0 Å². The number of halogens is 1. The lowest BCUT2D eigenvalue weighted by atomic mass is 10.2. The van der Waals surface area contributed by atoms with Gasteiger partial charge in [0, 0.05) is 15.3 Å². The fourth-order valence-corrected chi connectivity index (χ4v) is 0. The van der Waals surface area contributed by atoms with Gasteiger partial charge in [-0.05, 0) is 5.04 Å². The van der Waals surface area contributed by atoms with E-state index >= 15 is 0 Å². The van der Waals surface area contributed by atoms with Gasteiger partial charge in [0.1, 0.15) is 0 Å². The highest BCUT2D eigenvalue weighted by molar-refractivity contribution is 6.36. The Morgan fingerprint density at radius 2 is 1.86 bits per heavy atom. The first-order valence-corrected chi connectivity index (χ1v) is 3.67. The zero-order valence-corrected chi connectivity index (χ0v) is 7.84. The molecule has 0 heterocycles. The minimum Gasteiger partial charge on any atom is -0.0896 e. The zero-order chi connectivity index (χ0) is 6.08. The zero-order valence-electron chi connectivity index (χ0n) is 5.09. The van der Waals surface area contributed by atoms with Gasteiger partial charge < -0.3 is 0 Å². The molecular weight excluding hydrogens is 124 g/mol. The summed E-state index contributed by atoms with van der Waals surface area (Å²) in [6.07, 6.45) is 0. The average molecular weight is 135 g/mol. The standard InChI is InChI=1S/C5H11ClSi/c1-4(6)5(2,3)7/h1H2,2-3,7H3. The molecule has 0 amide bonds. The van der Waals surface area contributed by atoms with E-state index < -0.39 is 0 Å². The van der Waals surface area contributed by atoms with Gasteiger partial charge in [-0.1, -0.05) is 32.0 Å². The second kappa shape index (κ2) is 2.01. The summed E-state index contributed by atoms with van der Waals surface area (Å²) in [4.78, 5) is 0. The molecule has 0 fully saturated rings. The van der Waals surface area contributed by atoms with Crippen LogP contribution in [0, 0.1) is 0 Å². The van der Waals surface area contributed by atoms with Crippen molar-refractivity contribution >= 4 is 21.8 Å². The summed E-state index contributed by atoms with van der Waals surface area (Å²) in [5, 5.41) is 0.987. The Morgan fingerprint density at radius 3 is 1.86 bits per heavy atom. The Kier molecular flexibility index (Phi) is 2.08. The van der Waals surface area contributed by atoms with E-state index in [4.69, 9.17) is 11.6 Å². The topological polar surface area (TPSA) is 0 Å². The van der Waals surface area contributed by atoms with Crippen molar-refractivity contribution in [2.75, 3.05) is 0 Å². The van der Waals surface area contributed by atoms with Crippen LogP contribution in [0.2, 0.25) is 5.04 Å². The van der Waals surface area contributed by atoms with E-state index in [0.29, 0.717) is 0 Å². The normalized spacial score (nSPS) is 11.9. The molecule has 2 heteroatoms. The third-order valence-corrected chi connectivity index (χ3v) is 2.30. The molecule has 0 aromatic rings. The largest absolute Gasteiger partial charge is 0.0896 e. The van der Waals surface area contributed by atoms with E-state index in [-0.39, 0.29) is 5.04 Å². The molecule has 0 aliphatic heterocycles. The van der Waals surface area contributed by atoms with Gasteiger partial charge in [0.05, 0.1) is 0 Å². The summed E-state index contributed by atoms with van der Waals surface area (Å²) in [5.74, 6) is 0. The molecule has 0 rings (SSSR count). The maximum atomic E-state index is 5.59. The molecular formula is C5H11ClSi. The molecule has 0 nitrogen and oxygen atoms in total. The van der Waals surface area contributed by atoms with Crippen LogP contribution in [-0.4, -0.2) is 10.2 Å². The van der Waals surface area contributed by atoms with Crippen LogP contribution in [0.15, 0.2) is 11.6 Å². The fraction of sp³-hybridized carbons (Fsp3) is 0.600. The minimum absolute atomic E-state index is 0.210. The molecule has 0 aliphatic rings. The maximum absolute atomic E-state index is 5.59. The highest BCUT2D eigenvalue weighted by Gasteiger charge is 2.10. The van der Waals surface area contributed by atoms with Crippen LogP contribution in [0.5, 0.6) is 0 Å². The monoisotopic (exact) mass is 134 g/mol. The van der Waals surface area contributed by atoms with Crippen molar-refractivity contribution < 1.29 is 0 Å². The molecule has 0 unspecified atom stereocenters. The molecule has 0 aromatic heterocycles. The number of rotatable bonds is 1. The van der Waals surface area contributed by atoms with E-state index in [1.165, 1.54) is 0 Å². The molecule has 0 radical (unpaired) electrons. The van der Waals surface area contributed by atoms with Crippen molar-refractivity contribution in [1.29, 1.82) is 0 Å². The lowest BCUT2D eigenvalue weighted by Crippen LogP contribution is -1.99. The smallest absolute Gasteiger partial charge is 0.0166 e. The summed E-state index contributed by atoms with van der Waals surface area (Å²) in [7, 11) is 1.08. The Morgan fingerprint density at radius 1 is 1.71 bits per heavy atom. The second-order valence-electron chi connectivity index (χ2n) is 2.65. The molecule has 7 heavy (non-hydrogen) atoms. The van der Waals surface area contributed by atoms with Gasteiger partial charge in [-0.15, -0.1) is 0 Å². The third kappa shape index (κ3) is 2.89. The quantitative estimate of drug-likeness (QED) is 0.475. The average Bonchev–Trinajstić information content (AvgIpc) is 1.31. The molecule has 0 saturated heterocycles. The molecule has 42 valence electrons. The second-order valence-corrected chi connectivity index (χ2v) is 5.61. The first-order valence-electron chi connectivity index (χ1n) is 2.29. The Bertz CT molecular complexity index is 80.6. The van der Waals surface area contributed by atoms with Gasteiger partial charge >= 0.3 is 0 Å². The van der Waals surface area contributed by atoms with E-state index in [9.17, 15) is 0 Å². The van der Waals surface area contributed by atoms with E-state index in [1.807, 2.05) is 0 Å². The summed E-state index contributed by atoms with van der Waals surface area (Å²) < 4.78 is 0. The van der Waals surface area contributed by atoms with Gasteiger partial charge in [0.2, 0.25) is 0 Å². The number of hydrogen-bond donors (Lipinski definition) is 0. The van der Waals surface area contributed by atoms with Crippen LogP contribution in [0.4, 0.5) is 0 Å². The molecule has 0 aliphatic carbocycles. The molecule has 0 aromatic carbocycles. The number of hydrogen-bond acceptors (Lipinski definition) is 0. The predicted octanol–water partition coefficient (Wildman–Crippen LogP) is 1.30. The van der Waals surface area contributed by atoms with Crippen molar-refractivity contribution in [2.24, 2.45) is 0 Å². The first kappa shape index (κ1) is 7.25. The summed E-state index contributed by atoms with van der Waals surface area (Å²) in [6, 6.07) is 0. The molecule has 0 atom stereocenters. The molecule has 0 N–H and O–H groups in total. The fourth-order valence-electron chi connectivity index (χ4n) is 0. The van der Waals surface area contributed by atoms with Gasteiger partial charge in [-0.2, -0.15) is 0 Å². The molecule has 0 saturated carbocycles. The summed E-state index contributed by atoms with van der Waals surface area (Å²) in [5.41, 5.74) is 0. The van der Waals surface area contributed by atoms with E-state index in [1.54, 1.807) is 0 Å². The van der Waals surface area contributed by atoms with Crippen LogP contribution >= 0.6 is 11.6 Å². The predicted molar refractivity (Wildman–Crippen MR) is 39.0 cm³/mol. The van der Waals surface area contributed by atoms with Gasteiger partial charge in [0.25, 0.3) is 0 Å². The van der Waals surface area contributed by atoms with Gasteiger partial charge in [0.15, 0.2) is 0 Å². The van der Waals surface area contributed by atoms with Crippen LogP contribution in [0.1, 0.15) is 13.8 Å². The van der Waals surface area contributed by atoms with Gasteiger partial charge in [-0.3, -0.25) is 0 Å². The highest BCUT2D eigenvalue weighted by atomic mass is 35.5. The number of allylic oxidation sites excluding steroid dienone is 1. The highest BCUT2D eigenvalue weighted by Crippen LogP contribution is 2.30. The summed E-state index contributed by atoms with van der Waals surface area (Å²) >= 11 is 5.59.